The summed E-state index contributed by atoms with van der Waals surface area (Å²) in [6, 6.07) is 8.72. The summed E-state index contributed by atoms with van der Waals surface area (Å²) in [4.78, 5) is 0.0937. The number of furan rings is 1. The summed E-state index contributed by atoms with van der Waals surface area (Å²) >= 11 is 0. The van der Waals surface area contributed by atoms with Crippen LogP contribution >= 0.6 is 0 Å². The van der Waals surface area contributed by atoms with Gasteiger partial charge in [0.25, 0.3) is 0 Å². The molecular weight excluding hydrogens is 364 g/mol. The second kappa shape index (κ2) is 8.13. The third-order valence-electron chi connectivity index (χ3n) is 3.72. The van der Waals surface area contributed by atoms with Gasteiger partial charge >= 0.3 is 0 Å². The average molecular weight is 386 g/mol. The van der Waals surface area contributed by atoms with Crippen molar-refractivity contribution in [2.45, 2.75) is 30.1 Å². The lowest BCUT2D eigenvalue weighted by Gasteiger charge is -2.18. The van der Waals surface area contributed by atoms with Gasteiger partial charge in [-0.05, 0) is 36.4 Å². The van der Waals surface area contributed by atoms with Gasteiger partial charge in [0.05, 0.1) is 16.1 Å². The van der Waals surface area contributed by atoms with Gasteiger partial charge in [0.15, 0.2) is 0 Å². The van der Waals surface area contributed by atoms with Gasteiger partial charge in [-0.1, -0.05) is 13.8 Å². The molecule has 0 amide bonds. The highest BCUT2D eigenvalue weighted by Crippen LogP contribution is 2.18. The van der Waals surface area contributed by atoms with Gasteiger partial charge in [-0.2, -0.15) is 4.31 Å². The fourth-order valence-corrected chi connectivity index (χ4v) is 4.84. The number of benzene rings is 1. The zero-order chi connectivity index (χ0) is 18.5. The van der Waals surface area contributed by atoms with Crippen LogP contribution in [0.3, 0.4) is 0 Å². The van der Waals surface area contributed by atoms with E-state index in [-0.39, 0.29) is 16.3 Å². The highest BCUT2D eigenvalue weighted by molar-refractivity contribution is 7.89. The summed E-state index contributed by atoms with van der Waals surface area (Å²) in [7, 11) is -7.31. The third kappa shape index (κ3) is 4.69. The molecular formula is C16H22N2O5S2. The minimum atomic E-state index is -3.71. The first-order valence-corrected chi connectivity index (χ1v) is 10.9. The van der Waals surface area contributed by atoms with E-state index in [1.807, 2.05) is 0 Å². The normalized spacial score (nSPS) is 12.6. The van der Waals surface area contributed by atoms with Crippen molar-refractivity contribution in [3.63, 3.8) is 0 Å². The molecule has 9 heteroatoms. The molecule has 2 rings (SSSR count). The molecule has 0 aliphatic rings. The smallest absolute Gasteiger partial charge is 0.243 e. The quantitative estimate of drug-likeness (QED) is 0.709. The topological polar surface area (TPSA) is 96.7 Å². The molecule has 0 spiro atoms. The van der Waals surface area contributed by atoms with E-state index in [0.29, 0.717) is 25.3 Å². The van der Waals surface area contributed by atoms with Gasteiger partial charge in [-0.15, -0.1) is 0 Å². The van der Waals surface area contributed by atoms with Crippen LogP contribution in [0.1, 0.15) is 19.6 Å². The minimum absolute atomic E-state index is 0.0189. The second-order valence-electron chi connectivity index (χ2n) is 5.29. The van der Waals surface area contributed by atoms with Gasteiger partial charge in [-0.3, -0.25) is 0 Å². The van der Waals surface area contributed by atoms with Gasteiger partial charge in [0, 0.05) is 26.1 Å². The third-order valence-corrected chi connectivity index (χ3v) is 7.26. The van der Waals surface area contributed by atoms with Crippen LogP contribution in [0.2, 0.25) is 0 Å². The molecule has 25 heavy (non-hydrogen) atoms. The number of hydrogen-bond donors (Lipinski definition) is 1. The first-order chi connectivity index (χ1) is 11.8. The molecule has 0 unspecified atom stereocenters. The van der Waals surface area contributed by atoms with Gasteiger partial charge in [0.1, 0.15) is 5.76 Å². The summed E-state index contributed by atoms with van der Waals surface area (Å²) < 4.78 is 58.3. The zero-order valence-corrected chi connectivity index (χ0v) is 15.8. The maximum Gasteiger partial charge on any atom is 0.243 e. The lowest BCUT2D eigenvalue weighted by atomic mass is 10.3. The zero-order valence-electron chi connectivity index (χ0n) is 14.2. The maximum atomic E-state index is 12.4. The average Bonchev–Trinajstić information content (AvgIpc) is 3.09. The van der Waals surface area contributed by atoms with Crippen LogP contribution in [0.15, 0.2) is 56.9 Å². The molecule has 0 aliphatic heterocycles. The molecule has 1 aromatic carbocycles. The van der Waals surface area contributed by atoms with Gasteiger partial charge < -0.3 is 4.42 Å². The van der Waals surface area contributed by atoms with Gasteiger partial charge in [-0.25, -0.2) is 21.6 Å². The Kier molecular flexibility index (Phi) is 6.39. The standard InChI is InChI=1S/C16H22N2O5S2/c1-3-18(4-2)25(21,22)16-9-7-15(8-10-16)24(19,20)17-12-11-14-6-5-13-23-14/h5-10,13,17H,3-4,11-12H2,1-2H3. The van der Waals surface area contributed by atoms with Crippen molar-refractivity contribution in [2.75, 3.05) is 19.6 Å². The molecule has 138 valence electrons. The number of nitrogens with zero attached hydrogens (tertiary/aromatic N) is 1. The monoisotopic (exact) mass is 386 g/mol. The number of hydrogen-bond acceptors (Lipinski definition) is 5. The minimum Gasteiger partial charge on any atom is -0.469 e. The fourth-order valence-electron chi connectivity index (χ4n) is 2.35. The summed E-state index contributed by atoms with van der Waals surface area (Å²) in [5, 5.41) is 0. The fraction of sp³-hybridized carbons (Fsp3) is 0.375. The van der Waals surface area contributed by atoms with E-state index in [0.717, 1.165) is 0 Å². The van der Waals surface area contributed by atoms with Crippen LogP contribution in [-0.2, 0) is 26.5 Å². The molecule has 0 fully saturated rings. The van der Waals surface area contributed by atoms with Crippen LogP contribution in [-0.4, -0.2) is 40.8 Å². The first kappa shape index (κ1) is 19.6. The van der Waals surface area contributed by atoms with E-state index >= 15 is 0 Å². The lowest BCUT2D eigenvalue weighted by Crippen LogP contribution is -2.30. The van der Waals surface area contributed by atoms with Crippen LogP contribution < -0.4 is 4.72 Å². The van der Waals surface area contributed by atoms with E-state index in [1.165, 1.54) is 34.8 Å². The van der Waals surface area contributed by atoms with Crippen molar-refractivity contribution < 1.29 is 21.3 Å². The summed E-state index contributed by atoms with van der Waals surface area (Å²) in [5.74, 6) is 0.684. The maximum absolute atomic E-state index is 12.4. The molecule has 0 atom stereocenters. The molecule has 0 bridgehead atoms. The van der Waals surface area contributed by atoms with Gasteiger partial charge in [0.2, 0.25) is 20.0 Å². The molecule has 1 heterocycles. The highest BCUT2D eigenvalue weighted by atomic mass is 32.2. The molecule has 2 aromatic rings. The van der Waals surface area contributed by atoms with Crippen LogP contribution in [0, 0.1) is 0 Å². The van der Waals surface area contributed by atoms with Crippen molar-refractivity contribution in [2.24, 2.45) is 0 Å². The Hall–Kier alpha value is -1.68. The van der Waals surface area contributed by atoms with E-state index in [4.69, 9.17) is 4.42 Å². The molecule has 0 saturated carbocycles. The lowest BCUT2D eigenvalue weighted by molar-refractivity contribution is 0.445. The molecule has 0 radical (unpaired) electrons. The highest BCUT2D eigenvalue weighted by Gasteiger charge is 2.22. The van der Waals surface area contributed by atoms with Crippen molar-refractivity contribution in [3.8, 4) is 0 Å². The molecule has 1 N–H and O–H groups in total. The predicted octanol–water partition coefficient (Wildman–Crippen LogP) is 1.83. The SMILES string of the molecule is CCN(CC)S(=O)(=O)c1ccc(S(=O)(=O)NCCc2ccco2)cc1. The van der Waals surface area contributed by atoms with E-state index in [2.05, 4.69) is 4.72 Å². The number of nitrogens with one attached hydrogen (secondary N) is 1. The molecule has 0 aliphatic carbocycles. The van der Waals surface area contributed by atoms with E-state index in [1.54, 1.807) is 26.0 Å². The first-order valence-electron chi connectivity index (χ1n) is 7.93. The second-order valence-corrected chi connectivity index (χ2v) is 8.99. The molecule has 7 nitrogen and oxygen atoms in total. The summed E-state index contributed by atoms with van der Waals surface area (Å²) in [5.41, 5.74) is 0. The Morgan fingerprint density at radius 2 is 1.56 bits per heavy atom. The van der Waals surface area contributed by atoms with Crippen LogP contribution in [0.4, 0.5) is 0 Å². The summed E-state index contributed by atoms with van der Waals surface area (Å²) in [6.45, 7) is 4.40. The Morgan fingerprint density at radius 3 is 2.08 bits per heavy atom. The van der Waals surface area contributed by atoms with Crippen molar-refractivity contribution >= 4 is 20.0 Å². The summed E-state index contributed by atoms with van der Waals surface area (Å²) in [6.07, 6.45) is 1.96. The van der Waals surface area contributed by atoms with E-state index in [9.17, 15) is 16.8 Å². The van der Waals surface area contributed by atoms with E-state index < -0.39 is 20.0 Å². The Labute approximate surface area is 148 Å². The number of rotatable bonds is 9. The van der Waals surface area contributed by atoms with Crippen molar-refractivity contribution in [1.82, 2.24) is 9.03 Å². The Bertz CT molecular complexity index is 869. The largest absolute Gasteiger partial charge is 0.469 e. The van der Waals surface area contributed by atoms with Crippen LogP contribution in [0.25, 0.3) is 0 Å². The number of sulfonamides is 2. The van der Waals surface area contributed by atoms with Crippen molar-refractivity contribution in [3.05, 3.63) is 48.4 Å². The molecule has 0 saturated heterocycles. The van der Waals surface area contributed by atoms with Crippen LogP contribution in [0.5, 0.6) is 0 Å². The van der Waals surface area contributed by atoms with Crippen molar-refractivity contribution in [1.29, 1.82) is 0 Å². The predicted molar refractivity (Wildman–Crippen MR) is 94.1 cm³/mol. The Morgan fingerprint density at radius 1 is 0.960 bits per heavy atom. The molecule has 1 aromatic heterocycles. The Balaban J connectivity index is 2.10.